The van der Waals surface area contributed by atoms with Crippen LogP contribution < -0.4 is 16.0 Å². The first-order valence-corrected chi connectivity index (χ1v) is 6.10. The first-order chi connectivity index (χ1) is 9.61. The zero-order valence-electron chi connectivity index (χ0n) is 10.9. The van der Waals surface area contributed by atoms with Crippen LogP contribution in [0.3, 0.4) is 0 Å². The van der Waals surface area contributed by atoms with Crippen LogP contribution in [-0.2, 0) is 6.61 Å². The molecule has 0 aliphatic rings. The van der Waals surface area contributed by atoms with Gasteiger partial charge in [0.15, 0.2) is 5.65 Å². The Morgan fingerprint density at radius 3 is 2.80 bits per heavy atom. The van der Waals surface area contributed by atoms with E-state index in [0.717, 1.165) is 4.57 Å². The number of aryl methyl sites for hydroxylation is 1. The van der Waals surface area contributed by atoms with Gasteiger partial charge in [-0.15, -0.1) is 4.57 Å². The molecule has 0 aliphatic carbocycles. The largest absolute Gasteiger partial charge is 0.487 e. The summed E-state index contributed by atoms with van der Waals surface area (Å²) in [7, 11) is 0. The van der Waals surface area contributed by atoms with Crippen molar-refractivity contribution < 1.29 is 9.26 Å². The molecular weight excluding hydrogens is 258 g/mol. The van der Waals surface area contributed by atoms with Crippen molar-refractivity contribution in [2.45, 2.75) is 13.5 Å². The monoisotopic (exact) mass is 271 g/mol. The molecule has 6 heteroatoms. The highest BCUT2D eigenvalue weighted by Gasteiger charge is 2.07. The molecule has 0 aliphatic heterocycles. The fourth-order valence-electron chi connectivity index (χ4n) is 1.87. The molecule has 2 N–H and O–H groups in total. The standard InChI is InChI=1S/C14H13N3O3/c1-9-6-13-16-11(7-14(18)17(13)20-9)8-19-12-4-2-10(15)3-5-12/h2-7H,8,15H2,1H3. The number of rotatable bonds is 3. The molecule has 2 heterocycles. The van der Waals surface area contributed by atoms with Crippen LogP contribution >= 0.6 is 0 Å². The molecule has 0 fully saturated rings. The molecule has 1 aromatic carbocycles. The summed E-state index contributed by atoms with van der Waals surface area (Å²) in [5, 5.41) is 0. The van der Waals surface area contributed by atoms with Crippen LogP contribution in [0.5, 0.6) is 5.75 Å². The van der Waals surface area contributed by atoms with E-state index in [2.05, 4.69) is 4.98 Å². The van der Waals surface area contributed by atoms with Crippen molar-refractivity contribution in [1.82, 2.24) is 9.56 Å². The minimum absolute atomic E-state index is 0.208. The van der Waals surface area contributed by atoms with Crippen LogP contribution in [0.25, 0.3) is 5.65 Å². The van der Waals surface area contributed by atoms with Gasteiger partial charge in [0.2, 0.25) is 0 Å². The van der Waals surface area contributed by atoms with Gasteiger partial charge in [-0.1, -0.05) is 0 Å². The van der Waals surface area contributed by atoms with Gasteiger partial charge in [0.05, 0.1) is 5.69 Å². The predicted octanol–water partition coefficient (Wildman–Crippen LogP) is 1.76. The first kappa shape index (κ1) is 12.3. The minimum atomic E-state index is -0.265. The molecule has 102 valence electrons. The second-order valence-electron chi connectivity index (χ2n) is 4.44. The molecular formula is C14H13N3O3. The number of hydrogen-bond donors (Lipinski definition) is 1. The van der Waals surface area contributed by atoms with Gasteiger partial charge in [-0.3, -0.25) is 4.79 Å². The zero-order chi connectivity index (χ0) is 14.1. The third-order valence-electron chi connectivity index (χ3n) is 2.79. The smallest absolute Gasteiger partial charge is 0.287 e. The van der Waals surface area contributed by atoms with Gasteiger partial charge in [0.1, 0.15) is 18.1 Å². The SMILES string of the molecule is Cc1cc2nc(COc3ccc(N)cc3)cc(=O)n2o1. The molecule has 0 atom stereocenters. The van der Waals surface area contributed by atoms with Gasteiger partial charge in [-0.2, -0.15) is 0 Å². The highest BCUT2D eigenvalue weighted by molar-refractivity contribution is 5.41. The van der Waals surface area contributed by atoms with Crippen LogP contribution in [0.4, 0.5) is 5.69 Å². The summed E-state index contributed by atoms with van der Waals surface area (Å²) in [5.41, 5.74) is 7.03. The maximum Gasteiger partial charge on any atom is 0.287 e. The lowest BCUT2D eigenvalue weighted by Gasteiger charge is -2.05. The Kier molecular flexibility index (Phi) is 2.90. The topological polar surface area (TPSA) is 82.8 Å². The zero-order valence-corrected chi connectivity index (χ0v) is 10.9. The van der Waals surface area contributed by atoms with Gasteiger partial charge in [-0.25, -0.2) is 4.98 Å². The molecule has 0 spiro atoms. The molecule has 3 aromatic rings. The number of anilines is 1. The van der Waals surface area contributed by atoms with Crippen LogP contribution in [0.2, 0.25) is 0 Å². The number of hydrogen-bond acceptors (Lipinski definition) is 5. The number of benzene rings is 1. The van der Waals surface area contributed by atoms with Crippen molar-refractivity contribution in [3.05, 3.63) is 58.2 Å². The van der Waals surface area contributed by atoms with Crippen LogP contribution in [0, 0.1) is 6.92 Å². The van der Waals surface area contributed by atoms with Gasteiger partial charge in [-0.05, 0) is 31.2 Å². The molecule has 0 saturated carbocycles. The number of fused-ring (bicyclic) bond motifs is 1. The average Bonchev–Trinajstić information content (AvgIpc) is 2.79. The Labute approximate surface area is 114 Å². The highest BCUT2D eigenvalue weighted by Crippen LogP contribution is 2.14. The highest BCUT2D eigenvalue weighted by atomic mass is 16.5. The van der Waals surface area contributed by atoms with Crippen molar-refractivity contribution >= 4 is 11.3 Å². The normalized spacial score (nSPS) is 10.8. The van der Waals surface area contributed by atoms with Crippen LogP contribution in [-0.4, -0.2) is 9.56 Å². The molecule has 2 aromatic heterocycles. The maximum absolute atomic E-state index is 11.8. The second-order valence-corrected chi connectivity index (χ2v) is 4.44. The molecule has 0 amide bonds. The minimum Gasteiger partial charge on any atom is -0.487 e. The molecule has 3 rings (SSSR count). The molecule has 6 nitrogen and oxygen atoms in total. The van der Waals surface area contributed by atoms with Crippen molar-refractivity contribution in [1.29, 1.82) is 0 Å². The van der Waals surface area contributed by atoms with E-state index >= 15 is 0 Å². The van der Waals surface area contributed by atoms with E-state index in [1.165, 1.54) is 6.07 Å². The third kappa shape index (κ3) is 2.35. The lowest BCUT2D eigenvalue weighted by Crippen LogP contribution is -2.14. The fourth-order valence-corrected chi connectivity index (χ4v) is 1.87. The van der Waals surface area contributed by atoms with Crippen molar-refractivity contribution in [3.8, 4) is 5.75 Å². The predicted molar refractivity (Wildman–Crippen MR) is 73.7 cm³/mol. The number of aromatic nitrogens is 2. The van der Waals surface area contributed by atoms with Crippen molar-refractivity contribution in [2.75, 3.05) is 5.73 Å². The summed E-state index contributed by atoms with van der Waals surface area (Å²) in [6, 6.07) is 10.1. The van der Waals surface area contributed by atoms with E-state index in [9.17, 15) is 4.79 Å². The first-order valence-electron chi connectivity index (χ1n) is 6.10. The number of nitrogens with two attached hydrogens (primary N) is 1. The second kappa shape index (κ2) is 4.73. The summed E-state index contributed by atoms with van der Waals surface area (Å²) < 4.78 is 11.9. The third-order valence-corrected chi connectivity index (χ3v) is 2.79. The summed E-state index contributed by atoms with van der Waals surface area (Å²) in [4.78, 5) is 16.1. The van der Waals surface area contributed by atoms with E-state index in [4.69, 9.17) is 15.0 Å². The lowest BCUT2D eigenvalue weighted by atomic mass is 10.3. The Balaban J connectivity index is 1.84. The van der Waals surface area contributed by atoms with E-state index in [1.54, 1.807) is 37.3 Å². The Morgan fingerprint density at radius 2 is 2.05 bits per heavy atom. The maximum atomic E-state index is 11.8. The number of nitrogen functional groups attached to an aromatic ring is 1. The van der Waals surface area contributed by atoms with Gasteiger partial charge in [0, 0.05) is 17.8 Å². The Bertz CT molecular complexity index is 803. The number of ether oxygens (including phenoxy) is 1. The molecule has 0 bridgehead atoms. The average molecular weight is 271 g/mol. The summed E-state index contributed by atoms with van der Waals surface area (Å²) in [6.45, 7) is 1.97. The van der Waals surface area contributed by atoms with Crippen molar-refractivity contribution in [3.63, 3.8) is 0 Å². The van der Waals surface area contributed by atoms with Gasteiger partial charge >= 0.3 is 0 Å². The van der Waals surface area contributed by atoms with Crippen LogP contribution in [0.1, 0.15) is 11.5 Å². The number of nitrogens with zero attached hydrogens (tertiary/aromatic N) is 2. The Morgan fingerprint density at radius 1 is 1.30 bits per heavy atom. The van der Waals surface area contributed by atoms with Crippen molar-refractivity contribution in [2.24, 2.45) is 0 Å². The van der Waals surface area contributed by atoms with E-state index < -0.39 is 0 Å². The summed E-state index contributed by atoms with van der Waals surface area (Å²) in [6.07, 6.45) is 0. The van der Waals surface area contributed by atoms with Gasteiger partial charge in [0.25, 0.3) is 5.56 Å². The molecule has 20 heavy (non-hydrogen) atoms. The van der Waals surface area contributed by atoms with Gasteiger partial charge < -0.3 is 15.0 Å². The molecule has 0 saturated heterocycles. The lowest BCUT2D eigenvalue weighted by molar-refractivity contribution is 0.298. The summed E-state index contributed by atoms with van der Waals surface area (Å²) in [5.74, 6) is 1.30. The fraction of sp³-hybridized carbons (Fsp3) is 0.143. The summed E-state index contributed by atoms with van der Waals surface area (Å²) >= 11 is 0. The van der Waals surface area contributed by atoms with E-state index in [-0.39, 0.29) is 12.2 Å². The van der Waals surface area contributed by atoms with E-state index in [0.29, 0.717) is 28.5 Å². The molecule has 0 radical (unpaired) electrons. The quantitative estimate of drug-likeness (QED) is 0.734. The Hall–Kier alpha value is -2.76. The van der Waals surface area contributed by atoms with Crippen LogP contribution in [0.15, 0.2) is 45.7 Å². The van der Waals surface area contributed by atoms with E-state index in [1.807, 2.05) is 0 Å². The molecule has 0 unspecified atom stereocenters.